The Morgan fingerprint density at radius 1 is 1.62 bits per heavy atom. The first-order chi connectivity index (χ1) is 6.19. The third-order valence-electron chi connectivity index (χ3n) is 1.68. The molecule has 0 amide bonds. The van der Waals surface area contributed by atoms with E-state index in [0.29, 0.717) is 17.0 Å². The lowest BCUT2D eigenvalue weighted by atomic mass is 10.1. The van der Waals surface area contributed by atoms with Crippen LogP contribution in [0.4, 0.5) is 5.69 Å². The second-order valence-electron chi connectivity index (χ2n) is 2.51. The average molecular weight is 200 g/mol. The van der Waals surface area contributed by atoms with Crippen molar-refractivity contribution in [2.45, 2.75) is 0 Å². The van der Waals surface area contributed by atoms with Crippen molar-refractivity contribution in [2.75, 3.05) is 18.7 Å². The van der Waals surface area contributed by atoms with Crippen molar-refractivity contribution < 1.29 is 9.53 Å². The molecule has 1 rings (SSSR count). The highest BCUT2D eigenvalue weighted by Crippen LogP contribution is 2.20. The molecule has 0 unspecified atom stereocenters. The second kappa shape index (κ2) is 4.14. The van der Waals surface area contributed by atoms with Gasteiger partial charge in [-0.25, -0.2) is 0 Å². The molecule has 0 saturated heterocycles. The lowest BCUT2D eigenvalue weighted by Crippen LogP contribution is -2.05. The van der Waals surface area contributed by atoms with Gasteiger partial charge in [0, 0.05) is 11.3 Å². The van der Waals surface area contributed by atoms with E-state index in [4.69, 9.17) is 22.1 Å². The first-order valence-electron chi connectivity index (χ1n) is 3.71. The summed E-state index contributed by atoms with van der Waals surface area (Å²) in [7, 11) is 1.53. The zero-order valence-corrected chi connectivity index (χ0v) is 7.97. The number of nitrogens with two attached hydrogens (primary N) is 1. The molecule has 0 fully saturated rings. The molecular formula is C9H10ClNO2. The summed E-state index contributed by atoms with van der Waals surface area (Å²) in [5, 5.41) is 0. The van der Waals surface area contributed by atoms with Crippen molar-refractivity contribution in [3.8, 4) is 5.75 Å². The summed E-state index contributed by atoms with van der Waals surface area (Å²) in [6.07, 6.45) is 0. The highest BCUT2D eigenvalue weighted by Gasteiger charge is 2.09. The number of ether oxygens (including phenoxy) is 1. The summed E-state index contributed by atoms with van der Waals surface area (Å²) in [4.78, 5) is 11.2. The standard InChI is InChI=1S/C9H10ClNO2/c1-13-6-2-3-8(11)7(4-6)9(12)5-10/h2-4H,5,11H2,1H3. The average Bonchev–Trinajstić information content (AvgIpc) is 2.17. The molecule has 0 aromatic heterocycles. The van der Waals surface area contributed by atoms with E-state index in [-0.39, 0.29) is 11.7 Å². The monoisotopic (exact) mass is 199 g/mol. The largest absolute Gasteiger partial charge is 0.497 e. The Bertz CT molecular complexity index is 325. The van der Waals surface area contributed by atoms with Crippen LogP contribution >= 0.6 is 11.6 Å². The highest BCUT2D eigenvalue weighted by molar-refractivity contribution is 6.31. The summed E-state index contributed by atoms with van der Waals surface area (Å²) >= 11 is 5.41. The summed E-state index contributed by atoms with van der Waals surface area (Å²) in [6, 6.07) is 4.90. The zero-order chi connectivity index (χ0) is 9.84. The van der Waals surface area contributed by atoms with Crippen molar-refractivity contribution in [3.05, 3.63) is 23.8 Å². The van der Waals surface area contributed by atoms with Crippen LogP contribution < -0.4 is 10.5 Å². The number of hydrogen-bond acceptors (Lipinski definition) is 3. The summed E-state index contributed by atoms with van der Waals surface area (Å²) in [5.74, 6) is 0.331. The molecular weight excluding hydrogens is 190 g/mol. The normalized spacial score (nSPS) is 9.69. The molecule has 0 atom stereocenters. The minimum Gasteiger partial charge on any atom is -0.497 e. The Labute approximate surface area is 81.4 Å². The molecule has 0 bridgehead atoms. The second-order valence-corrected chi connectivity index (χ2v) is 2.78. The lowest BCUT2D eigenvalue weighted by molar-refractivity contribution is 0.102. The Balaban J connectivity index is 3.11. The van der Waals surface area contributed by atoms with Gasteiger partial charge < -0.3 is 10.5 Å². The molecule has 0 radical (unpaired) electrons. The maximum absolute atomic E-state index is 11.2. The van der Waals surface area contributed by atoms with E-state index in [0.717, 1.165) is 0 Å². The number of carbonyl (C=O) groups excluding carboxylic acids is 1. The minimum absolute atomic E-state index is 0.0721. The molecule has 1 aromatic rings. The number of ketones is 1. The molecule has 4 heteroatoms. The maximum atomic E-state index is 11.2. The van der Waals surface area contributed by atoms with Gasteiger partial charge in [-0.1, -0.05) is 0 Å². The van der Waals surface area contributed by atoms with Gasteiger partial charge in [-0.15, -0.1) is 11.6 Å². The van der Waals surface area contributed by atoms with Gasteiger partial charge in [0.1, 0.15) is 5.75 Å². The Morgan fingerprint density at radius 2 is 2.31 bits per heavy atom. The molecule has 0 aliphatic carbocycles. The van der Waals surface area contributed by atoms with Crippen LogP contribution in [0, 0.1) is 0 Å². The smallest absolute Gasteiger partial charge is 0.179 e. The van der Waals surface area contributed by atoms with Crippen LogP contribution in [0.15, 0.2) is 18.2 Å². The first kappa shape index (κ1) is 9.86. The molecule has 0 spiro atoms. The molecule has 13 heavy (non-hydrogen) atoms. The zero-order valence-electron chi connectivity index (χ0n) is 7.21. The van der Waals surface area contributed by atoms with Gasteiger partial charge in [-0.05, 0) is 18.2 Å². The molecule has 3 nitrogen and oxygen atoms in total. The predicted octanol–water partition coefficient (Wildman–Crippen LogP) is 1.70. The summed E-state index contributed by atoms with van der Waals surface area (Å²) in [5.41, 5.74) is 6.42. The van der Waals surface area contributed by atoms with E-state index in [2.05, 4.69) is 0 Å². The fourth-order valence-electron chi connectivity index (χ4n) is 0.976. The van der Waals surface area contributed by atoms with Crippen molar-refractivity contribution >= 4 is 23.1 Å². The van der Waals surface area contributed by atoms with E-state index in [1.165, 1.54) is 7.11 Å². The van der Waals surface area contributed by atoms with Gasteiger partial charge in [0.25, 0.3) is 0 Å². The Kier molecular flexibility index (Phi) is 3.14. The summed E-state index contributed by atoms with van der Waals surface area (Å²) in [6.45, 7) is 0. The van der Waals surface area contributed by atoms with Gasteiger partial charge in [-0.3, -0.25) is 4.79 Å². The number of halogens is 1. The van der Waals surface area contributed by atoms with Crippen molar-refractivity contribution in [1.29, 1.82) is 0 Å². The van der Waals surface area contributed by atoms with Crippen LogP contribution in [0.25, 0.3) is 0 Å². The van der Waals surface area contributed by atoms with Crippen LogP contribution in [0.1, 0.15) is 10.4 Å². The fourth-order valence-corrected chi connectivity index (χ4v) is 1.12. The van der Waals surface area contributed by atoms with Crippen LogP contribution in [0.3, 0.4) is 0 Å². The highest BCUT2D eigenvalue weighted by atomic mass is 35.5. The van der Waals surface area contributed by atoms with E-state index in [9.17, 15) is 4.79 Å². The predicted molar refractivity (Wildman–Crippen MR) is 52.5 cm³/mol. The van der Waals surface area contributed by atoms with Crippen molar-refractivity contribution in [1.82, 2.24) is 0 Å². The molecule has 1 aromatic carbocycles. The van der Waals surface area contributed by atoms with Gasteiger partial charge in [-0.2, -0.15) is 0 Å². The number of hydrogen-bond donors (Lipinski definition) is 1. The lowest BCUT2D eigenvalue weighted by Gasteiger charge is -2.05. The fraction of sp³-hybridized carbons (Fsp3) is 0.222. The molecule has 2 N–H and O–H groups in total. The van der Waals surface area contributed by atoms with Crippen LogP contribution in [-0.2, 0) is 0 Å². The van der Waals surface area contributed by atoms with Gasteiger partial charge >= 0.3 is 0 Å². The van der Waals surface area contributed by atoms with E-state index in [1.807, 2.05) is 0 Å². The number of methoxy groups -OCH3 is 1. The van der Waals surface area contributed by atoms with Crippen LogP contribution in [0.5, 0.6) is 5.75 Å². The summed E-state index contributed by atoms with van der Waals surface area (Å²) < 4.78 is 4.95. The van der Waals surface area contributed by atoms with Crippen molar-refractivity contribution in [3.63, 3.8) is 0 Å². The topological polar surface area (TPSA) is 52.3 Å². The number of benzene rings is 1. The van der Waals surface area contributed by atoms with Crippen LogP contribution in [0.2, 0.25) is 0 Å². The number of anilines is 1. The van der Waals surface area contributed by atoms with Gasteiger partial charge in [0.2, 0.25) is 0 Å². The molecule has 70 valence electrons. The quantitative estimate of drug-likeness (QED) is 0.458. The molecule has 0 aliphatic heterocycles. The van der Waals surface area contributed by atoms with E-state index in [1.54, 1.807) is 18.2 Å². The first-order valence-corrected chi connectivity index (χ1v) is 4.25. The van der Waals surface area contributed by atoms with Gasteiger partial charge in [0.15, 0.2) is 5.78 Å². The Hall–Kier alpha value is -1.22. The molecule has 0 saturated carbocycles. The Morgan fingerprint density at radius 3 is 2.85 bits per heavy atom. The number of rotatable bonds is 3. The van der Waals surface area contributed by atoms with Crippen LogP contribution in [-0.4, -0.2) is 18.8 Å². The number of alkyl halides is 1. The molecule has 0 heterocycles. The third kappa shape index (κ3) is 2.12. The number of nitrogen functional groups attached to an aromatic ring is 1. The SMILES string of the molecule is COc1ccc(N)c(C(=O)CCl)c1. The van der Waals surface area contributed by atoms with Crippen molar-refractivity contribution in [2.24, 2.45) is 0 Å². The maximum Gasteiger partial charge on any atom is 0.179 e. The van der Waals surface area contributed by atoms with Gasteiger partial charge in [0.05, 0.1) is 13.0 Å². The van der Waals surface area contributed by atoms with E-state index >= 15 is 0 Å². The third-order valence-corrected chi connectivity index (χ3v) is 1.92. The minimum atomic E-state index is -0.196. The number of carbonyl (C=O) groups is 1. The van der Waals surface area contributed by atoms with E-state index < -0.39 is 0 Å². The molecule has 0 aliphatic rings. The number of Topliss-reactive ketones (excluding diaryl/α,β-unsaturated/α-hetero) is 1.